The smallest absolute Gasteiger partial charge is 0.255 e. The number of amides is 2. The number of methoxy groups -OCH3 is 1. The van der Waals surface area contributed by atoms with Gasteiger partial charge in [-0.1, -0.05) is 24.3 Å². The molecule has 120 valence electrons. The third-order valence-electron chi connectivity index (χ3n) is 3.14. The fourth-order valence-corrected chi connectivity index (χ4v) is 2.38. The van der Waals surface area contributed by atoms with Gasteiger partial charge in [-0.25, -0.2) is 0 Å². The second-order valence-corrected chi connectivity index (χ2v) is 5.59. The Balaban J connectivity index is 1.84. The van der Waals surface area contributed by atoms with Crippen LogP contribution >= 0.6 is 15.9 Å². The van der Waals surface area contributed by atoms with Crippen LogP contribution in [0.1, 0.15) is 16.8 Å². The average molecular weight is 377 g/mol. The van der Waals surface area contributed by atoms with Crippen molar-refractivity contribution in [2.24, 2.45) is 0 Å². The van der Waals surface area contributed by atoms with Crippen molar-refractivity contribution in [3.8, 4) is 5.75 Å². The molecule has 0 unspecified atom stereocenters. The van der Waals surface area contributed by atoms with Crippen molar-refractivity contribution in [3.63, 3.8) is 0 Å². The molecular formula is C17H17BrN2O3. The zero-order valence-corrected chi connectivity index (χ0v) is 14.2. The number of hydrogen-bond acceptors (Lipinski definition) is 3. The number of nitrogens with one attached hydrogen (secondary N) is 2. The van der Waals surface area contributed by atoms with Gasteiger partial charge in [-0.15, -0.1) is 0 Å². The molecule has 0 fully saturated rings. The van der Waals surface area contributed by atoms with Crippen molar-refractivity contribution in [2.45, 2.75) is 6.42 Å². The fourth-order valence-electron chi connectivity index (χ4n) is 1.99. The molecule has 0 saturated heterocycles. The van der Waals surface area contributed by atoms with Gasteiger partial charge in [-0.2, -0.15) is 0 Å². The fraction of sp³-hybridized carbons (Fsp3) is 0.176. The van der Waals surface area contributed by atoms with Crippen LogP contribution in [0.2, 0.25) is 0 Å². The molecular weight excluding hydrogens is 360 g/mol. The standard InChI is InChI=1S/C17H17BrN2O3/c1-23-15-9-5-2-6-12(15)17(22)19-11-10-16(21)20-14-8-4-3-7-13(14)18/h2-9H,10-11H2,1H3,(H,19,22)(H,20,21). The molecule has 0 saturated carbocycles. The zero-order valence-electron chi connectivity index (χ0n) is 12.6. The summed E-state index contributed by atoms with van der Waals surface area (Å²) in [7, 11) is 1.51. The van der Waals surface area contributed by atoms with Crippen LogP contribution in [0.3, 0.4) is 0 Å². The van der Waals surface area contributed by atoms with E-state index in [-0.39, 0.29) is 24.8 Å². The molecule has 0 heterocycles. The van der Waals surface area contributed by atoms with Gasteiger partial charge in [0.2, 0.25) is 5.91 Å². The molecule has 2 aromatic rings. The molecule has 0 spiro atoms. The Labute approximate surface area is 143 Å². The van der Waals surface area contributed by atoms with Crippen LogP contribution in [0.5, 0.6) is 5.75 Å². The molecule has 0 atom stereocenters. The van der Waals surface area contributed by atoms with E-state index >= 15 is 0 Å². The van der Waals surface area contributed by atoms with E-state index in [2.05, 4.69) is 26.6 Å². The molecule has 2 rings (SSSR count). The monoisotopic (exact) mass is 376 g/mol. The van der Waals surface area contributed by atoms with E-state index in [0.717, 1.165) is 4.47 Å². The number of benzene rings is 2. The van der Waals surface area contributed by atoms with Crippen molar-refractivity contribution >= 4 is 33.4 Å². The Morgan fingerprint density at radius 2 is 1.78 bits per heavy atom. The molecule has 0 aliphatic rings. The summed E-state index contributed by atoms with van der Waals surface area (Å²) in [6.07, 6.45) is 0.183. The van der Waals surface area contributed by atoms with E-state index < -0.39 is 0 Å². The summed E-state index contributed by atoms with van der Waals surface area (Å²) in [5.41, 5.74) is 1.15. The van der Waals surface area contributed by atoms with E-state index in [9.17, 15) is 9.59 Å². The molecule has 0 bridgehead atoms. The number of carbonyl (C=O) groups is 2. The van der Waals surface area contributed by atoms with Crippen LogP contribution in [-0.4, -0.2) is 25.5 Å². The average Bonchev–Trinajstić information content (AvgIpc) is 2.56. The van der Waals surface area contributed by atoms with Crippen LogP contribution in [-0.2, 0) is 4.79 Å². The zero-order chi connectivity index (χ0) is 16.7. The van der Waals surface area contributed by atoms with Gasteiger partial charge >= 0.3 is 0 Å². The molecule has 6 heteroatoms. The summed E-state index contributed by atoms with van der Waals surface area (Å²) < 4.78 is 5.95. The highest BCUT2D eigenvalue weighted by Crippen LogP contribution is 2.21. The van der Waals surface area contributed by atoms with E-state index in [1.165, 1.54) is 7.11 Å². The number of ether oxygens (including phenoxy) is 1. The van der Waals surface area contributed by atoms with Gasteiger partial charge in [0.25, 0.3) is 5.91 Å². The molecule has 0 aliphatic heterocycles. The summed E-state index contributed by atoms with van der Waals surface area (Å²) in [6.45, 7) is 0.243. The predicted octanol–water partition coefficient (Wildman–Crippen LogP) is 3.22. The lowest BCUT2D eigenvalue weighted by Gasteiger charge is -2.10. The van der Waals surface area contributed by atoms with E-state index in [1.807, 2.05) is 18.2 Å². The molecule has 5 nitrogen and oxygen atoms in total. The largest absolute Gasteiger partial charge is 0.496 e. The maximum Gasteiger partial charge on any atom is 0.255 e. The minimum Gasteiger partial charge on any atom is -0.496 e. The number of para-hydroxylation sites is 2. The normalized spacial score (nSPS) is 10.0. The highest BCUT2D eigenvalue weighted by atomic mass is 79.9. The lowest BCUT2D eigenvalue weighted by Crippen LogP contribution is -2.28. The molecule has 2 N–H and O–H groups in total. The second-order valence-electron chi connectivity index (χ2n) is 4.73. The van der Waals surface area contributed by atoms with Crippen LogP contribution in [0, 0.1) is 0 Å². The van der Waals surface area contributed by atoms with Gasteiger partial charge in [0.15, 0.2) is 0 Å². The van der Waals surface area contributed by atoms with Crippen molar-refractivity contribution in [1.82, 2.24) is 5.32 Å². The Morgan fingerprint density at radius 1 is 1.09 bits per heavy atom. The SMILES string of the molecule is COc1ccccc1C(=O)NCCC(=O)Nc1ccccc1Br. The van der Waals surface area contributed by atoms with Crippen LogP contribution in [0.4, 0.5) is 5.69 Å². The Bertz CT molecular complexity index is 704. The lowest BCUT2D eigenvalue weighted by molar-refractivity contribution is -0.116. The molecule has 23 heavy (non-hydrogen) atoms. The molecule has 2 amide bonds. The Morgan fingerprint density at radius 3 is 2.52 bits per heavy atom. The summed E-state index contributed by atoms with van der Waals surface area (Å²) >= 11 is 3.36. The quantitative estimate of drug-likeness (QED) is 0.813. The van der Waals surface area contributed by atoms with Crippen LogP contribution in [0.15, 0.2) is 53.0 Å². The minimum absolute atomic E-state index is 0.169. The number of carbonyl (C=O) groups excluding carboxylic acids is 2. The number of halogens is 1. The molecule has 0 aliphatic carbocycles. The molecule has 2 aromatic carbocycles. The first-order chi connectivity index (χ1) is 11.1. The van der Waals surface area contributed by atoms with E-state index in [4.69, 9.17) is 4.74 Å². The van der Waals surface area contributed by atoms with Gasteiger partial charge in [0, 0.05) is 17.4 Å². The summed E-state index contributed by atoms with van der Waals surface area (Å²) in [5.74, 6) is 0.0658. The summed E-state index contributed by atoms with van der Waals surface area (Å²) in [5, 5.41) is 5.50. The number of rotatable bonds is 6. The maximum absolute atomic E-state index is 12.1. The molecule has 0 aromatic heterocycles. The first kappa shape index (κ1) is 17.0. The summed E-state index contributed by atoms with van der Waals surface area (Å²) in [6, 6.07) is 14.3. The Kier molecular flexibility index (Phi) is 6.17. The van der Waals surface area contributed by atoms with Gasteiger partial charge < -0.3 is 15.4 Å². The second kappa shape index (κ2) is 8.33. The highest BCUT2D eigenvalue weighted by Gasteiger charge is 2.11. The van der Waals surface area contributed by atoms with Crippen LogP contribution in [0.25, 0.3) is 0 Å². The topological polar surface area (TPSA) is 67.4 Å². The van der Waals surface area contributed by atoms with Gasteiger partial charge in [0.1, 0.15) is 5.75 Å². The van der Waals surface area contributed by atoms with Gasteiger partial charge in [0.05, 0.1) is 18.4 Å². The molecule has 0 radical (unpaired) electrons. The minimum atomic E-state index is -0.267. The van der Waals surface area contributed by atoms with Gasteiger partial charge in [-0.3, -0.25) is 9.59 Å². The number of anilines is 1. The third kappa shape index (κ3) is 4.82. The first-order valence-corrected chi connectivity index (χ1v) is 7.86. The summed E-state index contributed by atoms with van der Waals surface area (Å²) in [4.78, 5) is 24.0. The van der Waals surface area contributed by atoms with Crippen molar-refractivity contribution < 1.29 is 14.3 Å². The predicted molar refractivity (Wildman–Crippen MR) is 92.7 cm³/mol. The van der Waals surface area contributed by atoms with Gasteiger partial charge in [-0.05, 0) is 40.2 Å². The highest BCUT2D eigenvalue weighted by molar-refractivity contribution is 9.10. The van der Waals surface area contributed by atoms with E-state index in [0.29, 0.717) is 17.0 Å². The number of hydrogen-bond donors (Lipinski definition) is 2. The van der Waals surface area contributed by atoms with E-state index in [1.54, 1.807) is 30.3 Å². The Hall–Kier alpha value is -2.34. The van der Waals surface area contributed by atoms with Crippen molar-refractivity contribution in [1.29, 1.82) is 0 Å². The lowest BCUT2D eigenvalue weighted by atomic mass is 10.2. The van der Waals surface area contributed by atoms with Crippen LogP contribution < -0.4 is 15.4 Å². The van der Waals surface area contributed by atoms with Crippen molar-refractivity contribution in [2.75, 3.05) is 19.0 Å². The van der Waals surface area contributed by atoms with Crippen molar-refractivity contribution in [3.05, 3.63) is 58.6 Å². The maximum atomic E-state index is 12.1. The third-order valence-corrected chi connectivity index (χ3v) is 3.83. The first-order valence-electron chi connectivity index (χ1n) is 7.07.